The maximum atomic E-state index is 11.8. The van der Waals surface area contributed by atoms with Crippen LogP contribution in [0.1, 0.15) is 18.4 Å². The molecule has 2 unspecified atom stereocenters. The zero-order chi connectivity index (χ0) is 11.8. The highest BCUT2D eigenvalue weighted by atomic mass is 16.1. The van der Waals surface area contributed by atoms with Gasteiger partial charge in [-0.3, -0.25) is 4.79 Å². The van der Waals surface area contributed by atoms with Crippen LogP contribution in [0.4, 0.5) is 0 Å². The summed E-state index contributed by atoms with van der Waals surface area (Å²) < 4.78 is 0. The summed E-state index contributed by atoms with van der Waals surface area (Å²) in [6.07, 6.45) is 3.71. The average Bonchev–Trinajstić information content (AvgIpc) is 2.68. The molecular formula is C16H14O. The first-order valence-corrected chi connectivity index (χ1v) is 5.96. The first-order valence-electron chi connectivity index (χ1n) is 5.96. The molecule has 0 amide bonds. The van der Waals surface area contributed by atoms with Crippen LogP contribution in [0.3, 0.4) is 0 Å². The molecule has 0 radical (unpaired) electrons. The largest absolute Gasteiger partial charge is 0.294 e. The van der Waals surface area contributed by atoms with E-state index in [1.165, 1.54) is 10.8 Å². The highest BCUT2D eigenvalue weighted by molar-refractivity contribution is 5.99. The summed E-state index contributed by atoms with van der Waals surface area (Å²) in [5.74, 6) is 0.552. The van der Waals surface area contributed by atoms with Gasteiger partial charge in [0.05, 0.1) is 5.92 Å². The molecule has 0 N–H and O–H groups in total. The standard InChI is InChI=1S/C16H14O/c1-11-6-9-15(17)16(11)14-8-7-12-4-2-3-5-13(12)10-14/h2-11,16H,1H3. The first-order chi connectivity index (χ1) is 8.25. The van der Waals surface area contributed by atoms with Crippen molar-refractivity contribution in [3.8, 4) is 0 Å². The minimum Gasteiger partial charge on any atom is -0.294 e. The van der Waals surface area contributed by atoms with E-state index >= 15 is 0 Å². The van der Waals surface area contributed by atoms with Crippen molar-refractivity contribution >= 4 is 16.6 Å². The monoisotopic (exact) mass is 222 g/mol. The summed E-state index contributed by atoms with van der Waals surface area (Å²) in [6.45, 7) is 2.10. The quantitative estimate of drug-likeness (QED) is 0.719. The smallest absolute Gasteiger partial charge is 0.163 e. The molecule has 17 heavy (non-hydrogen) atoms. The maximum absolute atomic E-state index is 11.8. The Balaban J connectivity index is 2.09. The number of allylic oxidation sites excluding steroid dienone is 2. The normalized spacial score (nSPS) is 23.5. The number of carbonyl (C=O) groups is 1. The summed E-state index contributed by atoms with van der Waals surface area (Å²) >= 11 is 0. The summed E-state index contributed by atoms with van der Waals surface area (Å²) in [7, 11) is 0. The Bertz CT molecular complexity index is 610. The predicted octanol–water partition coefficient (Wildman–Crippen LogP) is 3.70. The molecule has 2 atom stereocenters. The number of benzene rings is 2. The molecular weight excluding hydrogens is 208 g/mol. The minimum atomic E-state index is 0.0135. The van der Waals surface area contributed by atoms with Gasteiger partial charge >= 0.3 is 0 Å². The van der Waals surface area contributed by atoms with E-state index in [-0.39, 0.29) is 11.7 Å². The lowest BCUT2D eigenvalue weighted by Gasteiger charge is -2.15. The van der Waals surface area contributed by atoms with E-state index in [9.17, 15) is 4.79 Å². The summed E-state index contributed by atoms with van der Waals surface area (Å²) in [5, 5.41) is 2.43. The van der Waals surface area contributed by atoms with E-state index in [0.717, 1.165) is 5.56 Å². The fourth-order valence-electron chi connectivity index (χ4n) is 2.59. The van der Waals surface area contributed by atoms with Crippen LogP contribution in [0.5, 0.6) is 0 Å². The number of carbonyl (C=O) groups excluding carboxylic acids is 1. The van der Waals surface area contributed by atoms with Gasteiger partial charge in [0, 0.05) is 0 Å². The summed E-state index contributed by atoms with van der Waals surface area (Å²) in [6, 6.07) is 14.6. The van der Waals surface area contributed by atoms with Crippen LogP contribution in [-0.2, 0) is 4.79 Å². The molecule has 84 valence electrons. The summed E-state index contributed by atoms with van der Waals surface area (Å²) in [5.41, 5.74) is 1.13. The lowest BCUT2D eigenvalue weighted by molar-refractivity contribution is -0.115. The van der Waals surface area contributed by atoms with Crippen LogP contribution in [0.25, 0.3) is 10.8 Å². The van der Waals surface area contributed by atoms with Crippen LogP contribution in [-0.4, -0.2) is 5.78 Å². The van der Waals surface area contributed by atoms with Crippen LogP contribution in [0.15, 0.2) is 54.6 Å². The Morgan fingerprint density at radius 1 is 1.00 bits per heavy atom. The van der Waals surface area contributed by atoms with Crippen LogP contribution >= 0.6 is 0 Å². The molecule has 0 spiro atoms. The second-order valence-electron chi connectivity index (χ2n) is 4.70. The van der Waals surface area contributed by atoms with E-state index in [4.69, 9.17) is 0 Å². The molecule has 0 aromatic heterocycles. The average molecular weight is 222 g/mol. The fraction of sp³-hybridized carbons (Fsp3) is 0.188. The Kier molecular flexibility index (Phi) is 2.32. The highest BCUT2D eigenvalue weighted by Gasteiger charge is 2.28. The van der Waals surface area contributed by atoms with Gasteiger partial charge in [-0.05, 0) is 28.3 Å². The molecule has 1 heteroatoms. The molecule has 1 nitrogen and oxygen atoms in total. The van der Waals surface area contributed by atoms with Crippen molar-refractivity contribution in [1.82, 2.24) is 0 Å². The third kappa shape index (κ3) is 1.68. The number of fused-ring (bicyclic) bond motifs is 1. The number of ketones is 1. The van der Waals surface area contributed by atoms with Crippen molar-refractivity contribution in [2.24, 2.45) is 5.92 Å². The SMILES string of the molecule is CC1C=CC(=O)C1c1ccc2ccccc2c1. The molecule has 0 fully saturated rings. The van der Waals surface area contributed by atoms with E-state index in [0.29, 0.717) is 5.92 Å². The summed E-state index contributed by atoms with van der Waals surface area (Å²) in [4.78, 5) is 11.8. The third-order valence-electron chi connectivity index (χ3n) is 3.53. The molecule has 1 aliphatic carbocycles. The van der Waals surface area contributed by atoms with Gasteiger partial charge in [0.25, 0.3) is 0 Å². The zero-order valence-corrected chi connectivity index (χ0v) is 9.76. The van der Waals surface area contributed by atoms with Gasteiger partial charge in [-0.25, -0.2) is 0 Å². The molecule has 0 saturated heterocycles. The molecule has 1 aliphatic rings. The Labute approximate surface area is 101 Å². The van der Waals surface area contributed by atoms with Gasteiger partial charge in [0.1, 0.15) is 0 Å². The predicted molar refractivity (Wildman–Crippen MR) is 70.0 cm³/mol. The van der Waals surface area contributed by atoms with Crippen molar-refractivity contribution in [2.45, 2.75) is 12.8 Å². The Morgan fingerprint density at radius 3 is 2.47 bits per heavy atom. The van der Waals surface area contributed by atoms with Gasteiger partial charge in [-0.1, -0.05) is 55.5 Å². The molecule has 2 aromatic rings. The van der Waals surface area contributed by atoms with Gasteiger partial charge in [0.2, 0.25) is 0 Å². The van der Waals surface area contributed by atoms with E-state index < -0.39 is 0 Å². The van der Waals surface area contributed by atoms with Crippen LogP contribution in [0.2, 0.25) is 0 Å². The van der Waals surface area contributed by atoms with Gasteiger partial charge in [-0.2, -0.15) is 0 Å². The van der Waals surface area contributed by atoms with Crippen molar-refractivity contribution in [2.75, 3.05) is 0 Å². The van der Waals surface area contributed by atoms with Crippen molar-refractivity contribution in [3.05, 3.63) is 60.2 Å². The number of hydrogen-bond acceptors (Lipinski definition) is 1. The molecule has 2 aromatic carbocycles. The minimum absolute atomic E-state index is 0.0135. The molecule has 3 rings (SSSR count). The highest BCUT2D eigenvalue weighted by Crippen LogP contribution is 2.33. The van der Waals surface area contributed by atoms with Gasteiger partial charge < -0.3 is 0 Å². The Morgan fingerprint density at radius 2 is 1.76 bits per heavy atom. The first kappa shape index (κ1) is 10.3. The number of hydrogen-bond donors (Lipinski definition) is 0. The third-order valence-corrected chi connectivity index (χ3v) is 3.53. The molecule has 0 aliphatic heterocycles. The molecule has 0 heterocycles. The van der Waals surface area contributed by atoms with Crippen molar-refractivity contribution in [1.29, 1.82) is 0 Å². The molecule has 0 saturated carbocycles. The lowest BCUT2D eigenvalue weighted by Crippen LogP contribution is -2.11. The topological polar surface area (TPSA) is 17.1 Å². The second kappa shape index (κ2) is 3.85. The second-order valence-corrected chi connectivity index (χ2v) is 4.70. The van der Waals surface area contributed by atoms with Crippen LogP contribution in [0, 0.1) is 5.92 Å². The van der Waals surface area contributed by atoms with Gasteiger partial charge in [-0.15, -0.1) is 0 Å². The number of rotatable bonds is 1. The fourth-order valence-corrected chi connectivity index (χ4v) is 2.59. The maximum Gasteiger partial charge on any atom is 0.163 e. The Hall–Kier alpha value is -1.89. The lowest BCUT2D eigenvalue weighted by atomic mass is 9.88. The van der Waals surface area contributed by atoms with E-state index in [1.54, 1.807) is 6.08 Å². The van der Waals surface area contributed by atoms with Gasteiger partial charge in [0.15, 0.2) is 5.78 Å². The van der Waals surface area contributed by atoms with Crippen LogP contribution < -0.4 is 0 Å². The van der Waals surface area contributed by atoms with Crippen molar-refractivity contribution in [3.63, 3.8) is 0 Å². The zero-order valence-electron chi connectivity index (χ0n) is 9.76. The van der Waals surface area contributed by atoms with E-state index in [2.05, 4.69) is 37.3 Å². The van der Waals surface area contributed by atoms with Crippen molar-refractivity contribution < 1.29 is 4.79 Å². The molecule has 0 bridgehead atoms. The van der Waals surface area contributed by atoms with E-state index in [1.807, 2.05) is 18.2 Å².